The van der Waals surface area contributed by atoms with Crippen LogP contribution < -0.4 is 5.73 Å². The fourth-order valence-corrected chi connectivity index (χ4v) is 2.56. The molecule has 0 atom stereocenters. The van der Waals surface area contributed by atoms with Crippen molar-refractivity contribution in [2.24, 2.45) is 0 Å². The van der Waals surface area contributed by atoms with Crippen molar-refractivity contribution >= 4 is 34.8 Å². The Balaban J connectivity index is 2.39. The third-order valence-electron chi connectivity index (χ3n) is 3.17. The number of anilines is 1. The molecule has 1 aromatic carbocycles. The molecule has 0 radical (unpaired) electrons. The van der Waals surface area contributed by atoms with Gasteiger partial charge in [0.15, 0.2) is 0 Å². The van der Waals surface area contributed by atoms with Crippen molar-refractivity contribution in [3.05, 3.63) is 27.7 Å². The van der Waals surface area contributed by atoms with Crippen LogP contribution in [0.4, 0.5) is 5.69 Å². The summed E-state index contributed by atoms with van der Waals surface area (Å²) in [6.07, 6.45) is 0. The SMILES string of the molecule is CC1(C)COCCN1C(=O)c1cc(N)cc(Cl)c1Cl. The van der Waals surface area contributed by atoms with E-state index in [2.05, 4.69) is 0 Å². The zero-order valence-corrected chi connectivity index (χ0v) is 12.4. The van der Waals surface area contributed by atoms with E-state index in [4.69, 9.17) is 33.7 Å². The van der Waals surface area contributed by atoms with Gasteiger partial charge in [-0.1, -0.05) is 23.2 Å². The first kappa shape index (κ1) is 14.4. The highest BCUT2D eigenvalue weighted by molar-refractivity contribution is 6.44. The lowest BCUT2D eigenvalue weighted by Gasteiger charge is -2.42. The monoisotopic (exact) mass is 302 g/mol. The summed E-state index contributed by atoms with van der Waals surface area (Å²) in [7, 11) is 0. The lowest BCUT2D eigenvalue weighted by molar-refractivity contribution is -0.0370. The molecule has 1 saturated heterocycles. The number of carbonyl (C=O) groups excluding carboxylic acids is 1. The summed E-state index contributed by atoms with van der Waals surface area (Å²) in [5, 5.41) is 0.527. The third-order valence-corrected chi connectivity index (χ3v) is 3.97. The smallest absolute Gasteiger partial charge is 0.256 e. The minimum Gasteiger partial charge on any atom is -0.399 e. The molecule has 2 N–H and O–H groups in total. The van der Waals surface area contributed by atoms with E-state index in [-0.39, 0.29) is 21.5 Å². The maximum atomic E-state index is 12.6. The minimum absolute atomic E-state index is 0.174. The zero-order valence-electron chi connectivity index (χ0n) is 10.9. The molecule has 1 aliphatic heterocycles. The highest BCUT2D eigenvalue weighted by Crippen LogP contribution is 2.31. The van der Waals surface area contributed by atoms with Crippen LogP contribution in [0.25, 0.3) is 0 Å². The first-order chi connectivity index (χ1) is 8.83. The Bertz CT molecular complexity index is 518. The largest absolute Gasteiger partial charge is 0.399 e. The van der Waals surface area contributed by atoms with E-state index in [1.165, 1.54) is 6.07 Å². The van der Waals surface area contributed by atoms with Gasteiger partial charge in [0.1, 0.15) is 0 Å². The molecule has 0 bridgehead atoms. The molecule has 19 heavy (non-hydrogen) atoms. The van der Waals surface area contributed by atoms with Crippen LogP contribution >= 0.6 is 23.2 Å². The van der Waals surface area contributed by atoms with Crippen LogP contribution in [0, 0.1) is 0 Å². The molecule has 1 amide bonds. The summed E-state index contributed by atoms with van der Waals surface area (Å²) >= 11 is 12.1. The van der Waals surface area contributed by atoms with Crippen molar-refractivity contribution in [2.75, 3.05) is 25.5 Å². The second-order valence-electron chi connectivity index (χ2n) is 5.19. The number of benzene rings is 1. The molecule has 104 valence electrons. The molecule has 2 rings (SSSR count). The summed E-state index contributed by atoms with van der Waals surface area (Å²) in [5.74, 6) is -0.174. The molecule has 1 aliphatic rings. The Labute approximate surface area is 122 Å². The number of nitrogen functional groups attached to an aromatic ring is 1. The average Bonchev–Trinajstić information content (AvgIpc) is 2.32. The second-order valence-corrected chi connectivity index (χ2v) is 5.97. The number of hydrogen-bond donors (Lipinski definition) is 1. The van der Waals surface area contributed by atoms with E-state index in [1.807, 2.05) is 13.8 Å². The molecule has 0 aliphatic carbocycles. The molecule has 0 saturated carbocycles. The third kappa shape index (κ3) is 2.81. The van der Waals surface area contributed by atoms with Crippen molar-refractivity contribution in [3.8, 4) is 0 Å². The van der Waals surface area contributed by atoms with Gasteiger partial charge in [0.05, 0.1) is 34.4 Å². The number of hydrogen-bond acceptors (Lipinski definition) is 3. The second kappa shape index (κ2) is 5.19. The number of ether oxygens (including phenoxy) is 1. The normalized spacial score (nSPS) is 18.4. The lowest BCUT2D eigenvalue weighted by Crippen LogP contribution is -2.55. The number of rotatable bonds is 1. The van der Waals surface area contributed by atoms with Gasteiger partial charge < -0.3 is 15.4 Å². The van der Waals surface area contributed by atoms with Gasteiger partial charge in [-0.2, -0.15) is 0 Å². The number of halogens is 2. The summed E-state index contributed by atoms with van der Waals surface area (Å²) in [6.45, 7) is 5.43. The summed E-state index contributed by atoms with van der Waals surface area (Å²) in [6, 6.07) is 3.09. The predicted octanol–water partition coefficient (Wildman–Crippen LogP) is 2.83. The fourth-order valence-electron chi connectivity index (χ4n) is 2.15. The topological polar surface area (TPSA) is 55.6 Å². The fraction of sp³-hybridized carbons (Fsp3) is 0.462. The minimum atomic E-state index is -0.379. The van der Waals surface area contributed by atoms with Crippen LogP contribution in [0.1, 0.15) is 24.2 Å². The average molecular weight is 303 g/mol. The van der Waals surface area contributed by atoms with Gasteiger partial charge in [0.25, 0.3) is 5.91 Å². The summed E-state index contributed by atoms with van der Waals surface area (Å²) in [5.41, 5.74) is 6.10. The van der Waals surface area contributed by atoms with Gasteiger partial charge in [-0.25, -0.2) is 0 Å². The van der Waals surface area contributed by atoms with Crippen LogP contribution in [-0.2, 0) is 4.74 Å². The molecule has 1 aromatic rings. The van der Waals surface area contributed by atoms with Crippen molar-refractivity contribution in [2.45, 2.75) is 19.4 Å². The van der Waals surface area contributed by atoms with Crippen LogP contribution in [-0.4, -0.2) is 36.1 Å². The van der Waals surface area contributed by atoms with Crippen molar-refractivity contribution < 1.29 is 9.53 Å². The van der Waals surface area contributed by atoms with Crippen LogP contribution in [0.15, 0.2) is 12.1 Å². The molecule has 1 fully saturated rings. The van der Waals surface area contributed by atoms with Gasteiger partial charge >= 0.3 is 0 Å². The number of nitrogens with zero attached hydrogens (tertiary/aromatic N) is 1. The number of amides is 1. The van der Waals surface area contributed by atoms with E-state index < -0.39 is 0 Å². The molecular weight excluding hydrogens is 287 g/mol. The lowest BCUT2D eigenvalue weighted by atomic mass is 10.0. The van der Waals surface area contributed by atoms with Gasteiger partial charge in [0.2, 0.25) is 0 Å². The van der Waals surface area contributed by atoms with E-state index in [1.54, 1.807) is 11.0 Å². The number of nitrogens with two attached hydrogens (primary N) is 1. The molecule has 1 heterocycles. The van der Waals surface area contributed by atoms with Crippen molar-refractivity contribution in [1.82, 2.24) is 4.90 Å². The first-order valence-corrected chi connectivity index (χ1v) is 6.73. The van der Waals surface area contributed by atoms with Crippen LogP contribution in [0.5, 0.6) is 0 Å². The highest BCUT2D eigenvalue weighted by atomic mass is 35.5. The Morgan fingerprint density at radius 3 is 2.74 bits per heavy atom. The summed E-state index contributed by atoms with van der Waals surface area (Å²) in [4.78, 5) is 14.4. The van der Waals surface area contributed by atoms with E-state index in [9.17, 15) is 4.79 Å². The Morgan fingerprint density at radius 1 is 1.42 bits per heavy atom. The van der Waals surface area contributed by atoms with Gasteiger partial charge in [-0.3, -0.25) is 4.79 Å². The Hall–Kier alpha value is -0.970. The number of morpholine rings is 1. The molecule has 0 aromatic heterocycles. The van der Waals surface area contributed by atoms with E-state index in [0.717, 1.165) is 0 Å². The molecule has 6 heteroatoms. The van der Waals surface area contributed by atoms with Crippen LogP contribution in [0.3, 0.4) is 0 Å². The molecular formula is C13H16Cl2N2O2. The van der Waals surface area contributed by atoms with E-state index >= 15 is 0 Å². The highest BCUT2D eigenvalue weighted by Gasteiger charge is 2.35. The summed E-state index contributed by atoms with van der Waals surface area (Å²) < 4.78 is 5.40. The van der Waals surface area contributed by atoms with Gasteiger partial charge in [-0.15, -0.1) is 0 Å². The zero-order chi connectivity index (χ0) is 14.2. The van der Waals surface area contributed by atoms with Gasteiger partial charge in [-0.05, 0) is 26.0 Å². The van der Waals surface area contributed by atoms with Gasteiger partial charge in [0, 0.05) is 12.2 Å². The molecule has 4 nitrogen and oxygen atoms in total. The predicted molar refractivity (Wildman–Crippen MR) is 76.8 cm³/mol. The quantitative estimate of drug-likeness (QED) is 0.812. The molecule has 0 unspecified atom stereocenters. The number of carbonyl (C=O) groups is 1. The Kier molecular flexibility index (Phi) is 3.95. The van der Waals surface area contributed by atoms with E-state index in [0.29, 0.717) is 31.0 Å². The first-order valence-electron chi connectivity index (χ1n) is 5.97. The van der Waals surface area contributed by atoms with Crippen molar-refractivity contribution in [3.63, 3.8) is 0 Å². The molecule has 0 spiro atoms. The standard InChI is InChI=1S/C13H16Cl2N2O2/c1-13(2)7-19-4-3-17(13)12(18)9-5-8(16)6-10(14)11(9)15/h5-6H,3-4,7,16H2,1-2H3. The van der Waals surface area contributed by atoms with Crippen molar-refractivity contribution in [1.29, 1.82) is 0 Å². The maximum absolute atomic E-state index is 12.6. The Morgan fingerprint density at radius 2 is 2.11 bits per heavy atom. The van der Waals surface area contributed by atoms with Crippen LogP contribution in [0.2, 0.25) is 10.0 Å². The maximum Gasteiger partial charge on any atom is 0.256 e.